The Morgan fingerprint density at radius 1 is 1.39 bits per heavy atom. The molecule has 23 heavy (non-hydrogen) atoms. The molecule has 0 spiro atoms. The molecular formula is C18H24O5. The van der Waals surface area contributed by atoms with E-state index >= 15 is 0 Å². The van der Waals surface area contributed by atoms with Crippen LogP contribution in [0.4, 0.5) is 0 Å². The Balaban J connectivity index is 2.20. The Kier molecular flexibility index (Phi) is 6.62. The van der Waals surface area contributed by atoms with Gasteiger partial charge in [0.05, 0.1) is 32.5 Å². The van der Waals surface area contributed by atoms with Crippen LogP contribution in [-0.2, 0) is 19.0 Å². The van der Waals surface area contributed by atoms with E-state index in [-0.39, 0.29) is 18.2 Å². The SMILES string of the molecule is CCOC(=O)/C=C/c1c(OCC)cccc1[C@@H](C)OC[C@H]1CO1. The molecule has 0 unspecified atom stereocenters. The van der Waals surface area contributed by atoms with Gasteiger partial charge in [-0.1, -0.05) is 12.1 Å². The number of hydrogen-bond donors (Lipinski definition) is 0. The minimum absolute atomic E-state index is 0.124. The maximum Gasteiger partial charge on any atom is 0.330 e. The molecule has 2 rings (SSSR count). The van der Waals surface area contributed by atoms with Gasteiger partial charge in [0.1, 0.15) is 11.9 Å². The topological polar surface area (TPSA) is 57.3 Å². The molecule has 1 aliphatic heterocycles. The van der Waals surface area contributed by atoms with Crippen LogP contribution in [0.5, 0.6) is 5.75 Å². The predicted octanol–water partition coefficient (Wildman–Crippen LogP) is 3.14. The maximum atomic E-state index is 11.6. The molecule has 1 fully saturated rings. The Hall–Kier alpha value is -1.85. The Morgan fingerprint density at radius 2 is 2.17 bits per heavy atom. The Morgan fingerprint density at radius 3 is 2.83 bits per heavy atom. The molecule has 1 aliphatic rings. The summed E-state index contributed by atoms with van der Waals surface area (Å²) in [6.45, 7) is 7.92. The summed E-state index contributed by atoms with van der Waals surface area (Å²) in [5, 5.41) is 0. The van der Waals surface area contributed by atoms with Crippen LogP contribution in [0, 0.1) is 0 Å². The molecule has 0 radical (unpaired) electrons. The maximum absolute atomic E-state index is 11.6. The fourth-order valence-electron chi connectivity index (χ4n) is 2.22. The van der Waals surface area contributed by atoms with Gasteiger partial charge in [-0.25, -0.2) is 4.79 Å². The van der Waals surface area contributed by atoms with Crippen molar-refractivity contribution in [3.05, 3.63) is 35.4 Å². The van der Waals surface area contributed by atoms with E-state index in [1.807, 2.05) is 32.0 Å². The summed E-state index contributed by atoms with van der Waals surface area (Å²) in [4.78, 5) is 11.6. The van der Waals surface area contributed by atoms with Crippen molar-refractivity contribution in [1.82, 2.24) is 0 Å². The lowest BCUT2D eigenvalue weighted by atomic mass is 10.0. The molecule has 2 atom stereocenters. The zero-order valence-electron chi connectivity index (χ0n) is 13.9. The number of carbonyl (C=O) groups is 1. The van der Waals surface area contributed by atoms with Crippen LogP contribution in [0.25, 0.3) is 6.08 Å². The van der Waals surface area contributed by atoms with Gasteiger partial charge in [0.15, 0.2) is 0 Å². The van der Waals surface area contributed by atoms with E-state index in [1.54, 1.807) is 13.0 Å². The van der Waals surface area contributed by atoms with E-state index in [9.17, 15) is 4.79 Å². The van der Waals surface area contributed by atoms with Crippen molar-refractivity contribution in [2.45, 2.75) is 33.0 Å². The van der Waals surface area contributed by atoms with Gasteiger partial charge in [-0.05, 0) is 38.5 Å². The smallest absolute Gasteiger partial charge is 0.330 e. The molecule has 5 nitrogen and oxygen atoms in total. The third kappa shape index (κ3) is 5.37. The number of epoxide rings is 1. The largest absolute Gasteiger partial charge is 0.493 e. The third-order valence-corrected chi connectivity index (χ3v) is 3.44. The molecule has 1 heterocycles. The first-order chi connectivity index (χ1) is 11.2. The highest BCUT2D eigenvalue weighted by Gasteiger charge is 2.24. The zero-order valence-corrected chi connectivity index (χ0v) is 13.9. The normalized spacial score (nSPS) is 18.0. The van der Waals surface area contributed by atoms with Gasteiger partial charge in [0.25, 0.3) is 0 Å². The minimum Gasteiger partial charge on any atom is -0.493 e. The van der Waals surface area contributed by atoms with Crippen molar-refractivity contribution in [2.75, 3.05) is 26.4 Å². The number of benzene rings is 1. The van der Waals surface area contributed by atoms with Crippen LogP contribution in [0.2, 0.25) is 0 Å². The van der Waals surface area contributed by atoms with Crippen molar-refractivity contribution in [3.63, 3.8) is 0 Å². The number of rotatable bonds is 9. The first-order valence-corrected chi connectivity index (χ1v) is 7.99. The summed E-state index contributed by atoms with van der Waals surface area (Å²) in [7, 11) is 0. The second-order valence-corrected chi connectivity index (χ2v) is 5.21. The van der Waals surface area contributed by atoms with E-state index in [2.05, 4.69) is 0 Å². The van der Waals surface area contributed by atoms with Gasteiger partial charge < -0.3 is 18.9 Å². The number of hydrogen-bond acceptors (Lipinski definition) is 5. The fourth-order valence-corrected chi connectivity index (χ4v) is 2.22. The summed E-state index contributed by atoms with van der Waals surface area (Å²) >= 11 is 0. The van der Waals surface area contributed by atoms with Crippen molar-refractivity contribution in [2.24, 2.45) is 0 Å². The van der Waals surface area contributed by atoms with Crippen LogP contribution in [0.1, 0.15) is 38.0 Å². The van der Waals surface area contributed by atoms with Crippen molar-refractivity contribution in [1.29, 1.82) is 0 Å². The molecule has 0 N–H and O–H groups in total. The molecular weight excluding hydrogens is 296 g/mol. The lowest BCUT2D eigenvalue weighted by Crippen LogP contribution is -2.08. The molecule has 0 bridgehead atoms. The summed E-state index contributed by atoms with van der Waals surface area (Å²) in [6, 6.07) is 5.79. The molecule has 0 aromatic heterocycles. The van der Waals surface area contributed by atoms with Crippen LogP contribution < -0.4 is 4.74 Å². The highest BCUT2D eigenvalue weighted by molar-refractivity contribution is 5.88. The van der Waals surface area contributed by atoms with Crippen LogP contribution in [0.3, 0.4) is 0 Å². The number of esters is 1. The number of carbonyl (C=O) groups excluding carboxylic acids is 1. The van der Waals surface area contributed by atoms with Gasteiger partial charge in [-0.15, -0.1) is 0 Å². The molecule has 0 saturated carbocycles. The van der Waals surface area contributed by atoms with E-state index < -0.39 is 0 Å². The predicted molar refractivity (Wildman–Crippen MR) is 87.4 cm³/mol. The standard InChI is InChI=1S/C18H24O5/c1-4-20-17-8-6-7-15(13(3)22-11-14-12-23-14)16(17)9-10-18(19)21-5-2/h6-10,13-14H,4-5,11-12H2,1-3H3/b10-9+/t13-,14+/m1/s1. The average Bonchev–Trinajstić information content (AvgIpc) is 3.36. The lowest BCUT2D eigenvalue weighted by molar-refractivity contribution is -0.137. The summed E-state index contributed by atoms with van der Waals surface area (Å²) in [5.74, 6) is 0.355. The molecule has 5 heteroatoms. The van der Waals surface area contributed by atoms with Crippen molar-refractivity contribution < 1.29 is 23.7 Å². The quantitative estimate of drug-likeness (QED) is 0.397. The summed E-state index contributed by atoms with van der Waals surface area (Å²) in [6.07, 6.45) is 3.24. The van der Waals surface area contributed by atoms with Crippen LogP contribution in [-0.4, -0.2) is 38.5 Å². The highest BCUT2D eigenvalue weighted by atomic mass is 16.6. The van der Waals surface area contributed by atoms with Crippen molar-refractivity contribution >= 4 is 12.0 Å². The molecule has 1 aromatic rings. The van der Waals surface area contributed by atoms with Gasteiger partial charge in [0, 0.05) is 11.6 Å². The molecule has 1 saturated heterocycles. The van der Waals surface area contributed by atoms with Gasteiger partial charge in [0.2, 0.25) is 0 Å². The third-order valence-electron chi connectivity index (χ3n) is 3.44. The van der Waals surface area contributed by atoms with E-state index in [1.165, 1.54) is 6.08 Å². The Labute approximate surface area is 137 Å². The van der Waals surface area contributed by atoms with E-state index in [0.717, 1.165) is 23.5 Å². The van der Waals surface area contributed by atoms with Crippen LogP contribution in [0.15, 0.2) is 24.3 Å². The molecule has 1 aromatic carbocycles. The van der Waals surface area contributed by atoms with Gasteiger partial charge in [-0.2, -0.15) is 0 Å². The Bertz CT molecular complexity index is 548. The lowest BCUT2D eigenvalue weighted by Gasteiger charge is -2.18. The first kappa shape index (κ1) is 17.5. The molecule has 126 valence electrons. The van der Waals surface area contributed by atoms with E-state index in [4.69, 9.17) is 18.9 Å². The van der Waals surface area contributed by atoms with Gasteiger partial charge >= 0.3 is 5.97 Å². The minimum atomic E-state index is -0.371. The zero-order chi connectivity index (χ0) is 16.7. The molecule has 0 amide bonds. The fraction of sp³-hybridized carbons (Fsp3) is 0.500. The van der Waals surface area contributed by atoms with Crippen molar-refractivity contribution in [3.8, 4) is 5.75 Å². The van der Waals surface area contributed by atoms with Crippen LogP contribution >= 0.6 is 0 Å². The second kappa shape index (κ2) is 8.70. The first-order valence-electron chi connectivity index (χ1n) is 7.99. The molecule has 0 aliphatic carbocycles. The highest BCUT2D eigenvalue weighted by Crippen LogP contribution is 2.31. The average molecular weight is 320 g/mol. The second-order valence-electron chi connectivity index (χ2n) is 5.21. The summed E-state index contributed by atoms with van der Waals surface area (Å²) in [5.41, 5.74) is 1.81. The number of ether oxygens (including phenoxy) is 4. The van der Waals surface area contributed by atoms with E-state index in [0.29, 0.717) is 19.8 Å². The monoisotopic (exact) mass is 320 g/mol. The summed E-state index contributed by atoms with van der Waals surface area (Å²) < 4.78 is 21.6. The van der Waals surface area contributed by atoms with Gasteiger partial charge in [-0.3, -0.25) is 0 Å².